The average molecular weight is 337 g/mol. The van der Waals surface area contributed by atoms with E-state index < -0.39 is 5.54 Å². The van der Waals surface area contributed by atoms with Crippen molar-refractivity contribution in [1.29, 1.82) is 0 Å². The number of methoxy groups -OCH3 is 1. The van der Waals surface area contributed by atoms with Crippen LogP contribution in [0.2, 0.25) is 0 Å². The third-order valence-corrected chi connectivity index (χ3v) is 4.44. The molecule has 0 fully saturated rings. The van der Waals surface area contributed by atoms with Crippen molar-refractivity contribution in [2.75, 3.05) is 19.0 Å². The summed E-state index contributed by atoms with van der Waals surface area (Å²) in [7, 11) is 1.67. The number of thiazole rings is 1. The molecule has 2 heterocycles. The zero-order valence-corrected chi connectivity index (χ0v) is 14.7. The van der Waals surface area contributed by atoms with Crippen LogP contribution in [0.25, 0.3) is 0 Å². The van der Waals surface area contributed by atoms with Gasteiger partial charge in [0, 0.05) is 43.6 Å². The van der Waals surface area contributed by atoms with Crippen LogP contribution in [0, 0.1) is 6.92 Å². The minimum atomic E-state index is -0.538. The predicted molar refractivity (Wildman–Crippen MR) is 90.8 cm³/mol. The highest BCUT2D eigenvalue weighted by Crippen LogP contribution is 2.24. The van der Waals surface area contributed by atoms with Crippen LogP contribution >= 0.6 is 11.3 Å². The third-order valence-electron chi connectivity index (χ3n) is 3.20. The largest absolute Gasteiger partial charge is 0.385 e. The Hall–Kier alpha value is -1.93. The predicted octanol–water partition coefficient (Wildman–Crippen LogP) is 2.74. The molecule has 2 amide bonds. The van der Waals surface area contributed by atoms with E-state index in [0.29, 0.717) is 12.4 Å². The molecule has 0 aliphatic rings. The van der Waals surface area contributed by atoms with Gasteiger partial charge in [-0.15, -0.1) is 11.3 Å². The molecule has 7 nitrogen and oxygen atoms in total. The van der Waals surface area contributed by atoms with Crippen LogP contribution in [0.1, 0.15) is 30.2 Å². The highest BCUT2D eigenvalue weighted by molar-refractivity contribution is 7.11. The number of ether oxygens (including phenoxy) is 1. The summed E-state index contributed by atoms with van der Waals surface area (Å²) >= 11 is 1.57. The number of aromatic nitrogens is 3. The third kappa shape index (κ3) is 5.04. The van der Waals surface area contributed by atoms with Crippen LogP contribution in [-0.2, 0) is 16.8 Å². The van der Waals surface area contributed by atoms with E-state index in [2.05, 4.69) is 20.7 Å². The zero-order chi connectivity index (χ0) is 16.9. The lowest BCUT2D eigenvalue weighted by Gasteiger charge is -2.23. The SMILES string of the molecule is COCCCn1ccc(NC(=O)NC(C)(C)c2ncc(C)s2)n1. The molecular formula is C15H23N5O2S. The molecule has 0 aliphatic heterocycles. The average Bonchev–Trinajstić information content (AvgIpc) is 3.08. The van der Waals surface area contributed by atoms with Crippen LogP contribution in [0.5, 0.6) is 0 Å². The Morgan fingerprint density at radius 2 is 2.26 bits per heavy atom. The van der Waals surface area contributed by atoms with Crippen LogP contribution in [0.15, 0.2) is 18.5 Å². The molecule has 0 radical (unpaired) electrons. The minimum Gasteiger partial charge on any atom is -0.385 e. The standard InChI is InChI=1S/C15H23N5O2S/c1-11-10-16-13(23-11)15(2,3)18-14(21)17-12-6-8-20(19-12)7-5-9-22-4/h6,8,10H,5,7,9H2,1-4H3,(H2,17,18,19,21). The van der Waals surface area contributed by atoms with Gasteiger partial charge in [0.25, 0.3) is 0 Å². The van der Waals surface area contributed by atoms with Gasteiger partial charge < -0.3 is 10.1 Å². The molecule has 0 saturated carbocycles. The van der Waals surface area contributed by atoms with Gasteiger partial charge in [-0.25, -0.2) is 9.78 Å². The number of hydrogen-bond donors (Lipinski definition) is 2. The summed E-state index contributed by atoms with van der Waals surface area (Å²) in [5.74, 6) is 0.519. The van der Waals surface area contributed by atoms with Gasteiger partial charge in [-0.05, 0) is 27.2 Å². The summed E-state index contributed by atoms with van der Waals surface area (Å²) in [6.45, 7) is 7.28. The molecule has 0 aromatic carbocycles. The van der Waals surface area contributed by atoms with Crippen molar-refractivity contribution in [1.82, 2.24) is 20.1 Å². The van der Waals surface area contributed by atoms with Gasteiger partial charge in [0.05, 0.1) is 5.54 Å². The van der Waals surface area contributed by atoms with Gasteiger partial charge in [0.1, 0.15) is 5.01 Å². The van der Waals surface area contributed by atoms with E-state index in [-0.39, 0.29) is 6.03 Å². The van der Waals surface area contributed by atoms with Crippen LogP contribution in [0.4, 0.5) is 10.6 Å². The summed E-state index contributed by atoms with van der Waals surface area (Å²) < 4.78 is 6.79. The van der Waals surface area contributed by atoms with E-state index in [1.165, 1.54) is 0 Å². The molecular weight excluding hydrogens is 314 g/mol. The Labute approximate surface area is 140 Å². The fraction of sp³-hybridized carbons (Fsp3) is 0.533. The fourth-order valence-electron chi connectivity index (χ4n) is 2.05. The molecule has 126 valence electrons. The molecule has 0 atom stereocenters. The van der Waals surface area contributed by atoms with Crippen LogP contribution in [-0.4, -0.2) is 34.5 Å². The van der Waals surface area contributed by atoms with Crippen molar-refractivity contribution in [2.24, 2.45) is 0 Å². The molecule has 2 N–H and O–H groups in total. The first-order chi connectivity index (χ1) is 10.9. The topological polar surface area (TPSA) is 81.1 Å². The number of nitrogens with one attached hydrogen (secondary N) is 2. The smallest absolute Gasteiger partial charge is 0.321 e. The highest BCUT2D eigenvalue weighted by Gasteiger charge is 2.26. The second-order valence-electron chi connectivity index (χ2n) is 5.79. The minimum absolute atomic E-state index is 0.301. The summed E-state index contributed by atoms with van der Waals surface area (Å²) in [5.41, 5.74) is -0.538. The van der Waals surface area contributed by atoms with E-state index in [0.717, 1.165) is 22.9 Å². The van der Waals surface area contributed by atoms with Crippen molar-refractivity contribution < 1.29 is 9.53 Å². The molecule has 2 rings (SSSR count). The van der Waals surface area contributed by atoms with Gasteiger partial charge in [0.15, 0.2) is 5.82 Å². The molecule has 23 heavy (non-hydrogen) atoms. The van der Waals surface area contributed by atoms with Gasteiger partial charge in [-0.3, -0.25) is 10.00 Å². The van der Waals surface area contributed by atoms with Crippen molar-refractivity contribution in [2.45, 2.75) is 39.3 Å². The Morgan fingerprint density at radius 1 is 1.48 bits per heavy atom. The number of rotatable bonds is 7. The van der Waals surface area contributed by atoms with Crippen LogP contribution < -0.4 is 10.6 Å². The fourth-order valence-corrected chi connectivity index (χ4v) is 2.87. The van der Waals surface area contributed by atoms with Crippen molar-refractivity contribution >= 4 is 23.2 Å². The first-order valence-electron chi connectivity index (χ1n) is 7.45. The van der Waals surface area contributed by atoms with E-state index in [4.69, 9.17) is 4.74 Å². The monoisotopic (exact) mass is 337 g/mol. The normalized spacial score (nSPS) is 11.5. The first-order valence-corrected chi connectivity index (χ1v) is 8.27. The molecule has 0 saturated heterocycles. The molecule has 0 unspecified atom stereocenters. The second kappa shape index (κ2) is 7.56. The molecule has 8 heteroatoms. The van der Waals surface area contributed by atoms with E-state index in [1.54, 1.807) is 29.2 Å². The molecule has 0 spiro atoms. The maximum absolute atomic E-state index is 12.2. The van der Waals surface area contributed by atoms with E-state index in [9.17, 15) is 4.79 Å². The number of amides is 2. The molecule has 0 bridgehead atoms. The Bertz CT molecular complexity index is 650. The Kier molecular flexibility index (Phi) is 5.73. The lowest BCUT2D eigenvalue weighted by Crippen LogP contribution is -2.43. The quantitative estimate of drug-likeness (QED) is 0.761. The number of hydrogen-bond acceptors (Lipinski definition) is 5. The van der Waals surface area contributed by atoms with Crippen LogP contribution in [0.3, 0.4) is 0 Å². The highest BCUT2D eigenvalue weighted by atomic mass is 32.1. The van der Waals surface area contributed by atoms with Gasteiger partial charge in [-0.2, -0.15) is 5.10 Å². The summed E-state index contributed by atoms with van der Waals surface area (Å²) in [5, 5.41) is 10.8. The lowest BCUT2D eigenvalue weighted by molar-refractivity contribution is 0.189. The first kappa shape index (κ1) is 17.4. The summed E-state index contributed by atoms with van der Waals surface area (Å²) in [6.07, 6.45) is 4.52. The molecule has 2 aromatic rings. The maximum Gasteiger partial charge on any atom is 0.321 e. The number of urea groups is 1. The van der Waals surface area contributed by atoms with Crippen molar-refractivity contribution in [3.05, 3.63) is 28.3 Å². The number of carbonyl (C=O) groups is 1. The summed E-state index contributed by atoms with van der Waals surface area (Å²) in [6, 6.07) is 1.47. The Morgan fingerprint density at radius 3 is 2.91 bits per heavy atom. The second-order valence-corrected chi connectivity index (χ2v) is 7.03. The maximum atomic E-state index is 12.2. The van der Waals surface area contributed by atoms with E-state index >= 15 is 0 Å². The molecule has 2 aromatic heterocycles. The van der Waals surface area contributed by atoms with Gasteiger partial charge in [0.2, 0.25) is 0 Å². The van der Waals surface area contributed by atoms with Crippen molar-refractivity contribution in [3.63, 3.8) is 0 Å². The van der Waals surface area contributed by atoms with Gasteiger partial charge >= 0.3 is 6.03 Å². The zero-order valence-electron chi connectivity index (χ0n) is 13.9. The number of aryl methyl sites for hydroxylation is 2. The van der Waals surface area contributed by atoms with Gasteiger partial charge in [-0.1, -0.05) is 0 Å². The molecule has 0 aliphatic carbocycles. The van der Waals surface area contributed by atoms with E-state index in [1.807, 2.05) is 33.2 Å². The Balaban J connectivity index is 1.89. The summed E-state index contributed by atoms with van der Waals surface area (Å²) in [4.78, 5) is 17.6. The lowest BCUT2D eigenvalue weighted by atomic mass is 10.1. The number of anilines is 1. The number of carbonyl (C=O) groups excluding carboxylic acids is 1. The van der Waals surface area contributed by atoms with Crippen molar-refractivity contribution in [3.8, 4) is 0 Å². The number of nitrogens with zero attached hydrogens (tertiary/aromatic N) is 3.